The van der Waals surface area contributed by atoms with Gasteiger partial charge >= 0.3 is 0 Å². The Morgan fingerprint density at radius 3 is 2.69 bits per heavy atom. The number of aryl methyl sites for hydroxylation is 2. The molecule has 8 nitrogen and oxygen atoms in total. The average Bonchev–Trinajstić information content (AvgIpc) is 3.55. The summed E-state index contributed by atoms with van der Waals surface area (Å²) in [6, 6.07) is 8.24. The van der Waals surface area contributed by atoms with Crippen molar-refractivity contribution >= 4 is 28.7 Å². The van der Waals surface area contributed by atoms with E-state index in [2.05, 4.69) is 27.1 Å². The molecule has 0 radical (unpaired) electrons. The lowest BCUT2D eigenvalue weighted by molar-refractivity contribution is 0.404. The van der Waals surface area contributed by atoms with Crippen molar-refractivity contribution in [1.29, 1.82) is 0 Å². The van der Waals surface area contributed by atoms with E-state index >= 15 is 0 Å². The predicted molar refractivity (Wildman–Crippen MR) is 124 cm³/mol. The molecule has 4 aromatic rings. The van der Waals surface area contributed by atoms with Crippen molar-refractivity contribution < 1.29 is 14.0 Å². The summed E-state index contributed by atoms with van der Waals surface area (Å²) in [7, 11) is 3.36. The van der Waals surface area contributed by atoms with Crippen LogP contribution < -0.4 is 19.9 Å². The highest BCUT2D eigenvalue weighted by Crippen LogP contribution is 2.38. The minimum atomic E-state index is 0.458. The molecule has 0 saturated carbocycles. The maximum Gasteiger partial charge on any atom is 0.187 e. The second-order valence-electron chi connectivity index (χ2n) is 7.77. The Labute approximate surface area is 190 Å². The van der Waals surface area contributed by atoms with Crippen LogP contribution in [0.25, 0.3) is 11.0 Å². The number of hydrogen-bond donors (Lipinski definition) is 2. The Kier molecular flexibility index (Phi) is 5.67. The van der Waals surface area contributed by atoms with Crippen molar-refractivity contribution in [3.63, 3.8) is 0 Å². The van der Waals surface area contributed by atoms with Crippen molar-refractivity contribution in [1.82, 2.24) is 14.9 Å². The molecule has 2 aromatic heterocycles. The Hall–Kier alpha value is -3.17. The predicted octanol–water partition coefficient (Wildman–Crippen LogP) is 4.16. The van der Waals surface area contributed by atoms with E-state index in [4.69, 9.17) is 19.7 Å². The van der Waals surface area contributed by atoms with Gasteiger partial charge in [0.05, 0.1) is 37.2 Å². The minimum absolute atomic E-state index is 0.458. The number of nitrogens with zero attached hydrogens (tertiary/aromatic N) is 3. The number of rotatable bonds is 8. The fourth-order valence-corrected chi connectivity index (χ4v) is 4.89. The van der Waals surface area contributed by atoms with Gasteiger partial charge in [0, 0.05) is 23.9 Å². The van der Waals surface area contributed by atoms with E-state index in [0.29, 0.717) is 24.5 Å². The molecule has 0 amide bonds. The molecule has 0 fully saturated rings. The molecule has 2 aromatic carbocycles. The first-order chi connectivity index (χ1) is 15.7. The molecule has 1 aliphatic carbocycles. The van der Waals surface area contributed by atoms with E-state index in [0.717, 1.165) is 45.7 Å². The van der Waals surface area contributed by atoms with Gasteiger partial charge in [-0.1, -0.05) is 5.16 Å². The maximum absolute atomic E-state index is 5.69. The summed E-state index contributed by atoms with van der Waals surface area (Å²) in [5.74, 6) is 2.25. The number of fused-ring (bicyclic) bond motifs is 2. The Bertz CT molecular complexity index is 1270. The molecule has 32 heavy (non-hydrogen) atoms. The van der Waals surface area contributed by atoms with E-state index in [-0.39, 0.29) is 0 Å². The van der Waals surface area contributed by atoms with Crippen molar-refractivity contribution in [2.75, 3.05) is 18.9 Å². The van der Waals surface area contributed by atoms with E-state index in [9.17, 15) is 0 Å². The first-order valence-electron chi connectivity index (χ1n) is 10.5. The Balaban J connectivity index is 1.40. The number of nitrogens with two attached hydrogens (primary N) is 1. The molecule has 0 atom stereocenters. The van der Waals surface area contributed by atoms with Crippen LogP contribution in [0.1, 0.15) is 28.7 Å². The summed E-state index contributed by atoms with van der Waals surface area (Å²) in [5, 5.41) is 9.44. The zero-order chi connectivity index (χ0) is 22.1. The highest BCUT2D eigenvalue weighted by Gasteiger charge is 2.18. The van der Waals surface area contributed by atoms with Crippen LogP contribution in [-0.4, -0.2) is 29.2 Å². The summed E-state index contributed by atoms with van der Waals surface area (Å²) in [4.78, 5) is 1.03. The highest BCUT2D eigenvalue weighted by molar-refractivity contribution is 8.00. The molecule has 5 rings (SSSR count). The summed E-state index contributed by atoms with van der Waals surface area (Å²) in [6.45, 7) is 1.00. The van der Waals surface area contributed by atoms with Gasteiger partial charge in [0.15, 0.2) is 11.4 Å². The summed E-state index contributed by atoms with van der Waals surface area (Å²) in [6.07, 6.45) is 7.13. The lowest BCUT2D eigenvalue weighted by atomic mass is 10.1. The number of ether oxygens (including phenoxy) is 2. The summed E-state index contributed by atoms with van der Waals surface area (Å²) >= 11 is 1.47. The van der Waals surface area contributed by atoms with Crippen LogP contribution in [0.3, 0.4) is 0 Å². The van der Waals surface area contributed by atoms with E-state index in [1.807, 2.05) is 23.0 Å². The second kappa shape index (κ2) is 8.76. The first kappa shape index (κ1) is 20.7. The van der Waals surface area contributed by atoms with E-state index < -0.39 is 0 Å². The maximum atomic E-state index is 5.69. The van der Waals surface area contributed by atoms with Crippen molar-refractivity contribution in [3.8, 4) is 11.5 Å². The Morgan fingerprint density at radius 2 is 1.94 bits per heavy atom. The number of hydrogen-bond acceptors (Lipinski definition) is 8. The molecule has 2 heterocycles. The number of benzene rings is 2. The molecule has 0 spiro atoms. The van der Waals surface area contributed by atoms with Gasteiger partial charge in [-0.2, -0.15) is 5.10 Å². The van der Waals surface area contributed by atoms with Gasteiger partial charge in [-0.3, -0.25) is 4.68 Å². The highest BCUT2D eigenvalue weighted by atomic mass is 32.2. The zero-order valence-electron chi connectivity index (χ0n) is 18.1. The molecule has 166 valence electrons. The minimum Gasteiger partial charge on any atom is -0.496 e. The van der Waals surface area contributed by atoms with Crippen LogP contribution in [0.4, 0.5) is 5.82 Å². The SMILES string of the molecule is COc1cc2c(NSc3cc4c(cc3OC)CCC4)noc2cc1Cn1cc(CN)cn1. The van der Waals surface area contributed by atoms with Crippen LogP contribution in [0.5, 0.6) is 11.5 Å². The van der Waals surface area contributed by atoms with Gasteiger partial charge in [0.2, 0.25) is 0 Å². The smallest absolute Gasteiger partial charge is 0.187 e. The third kappa shape index (κ3) is 3.89. The third-order valence-electron chi connectivity index (χ3n) is 5.76. The fraction of sp³-hybridized carbons (Fsp3) is 0.304. The van der Waals surface area contributed by atoms with Crippen LogP contribution in [0, 0.1) is 0 Å². The molecule has 0 aliphatic heterocycles. The lowest BCUT2D eigenvalue weighted by Crippen LogP contribution is -2.02. The molecule has 0 saturated heterocycles. The standard InChI is InChI=1S/C23H25N5O3S/c1-29-19-9-18-20(7-17(19)13-28-12-14(10-24)11-25-28)31-26-23(18)27-32-22-8-16-5-3-4-15(16)6-21(22)30-2/h6-9,11-12H,3-5,10,13,24H2,1-2H3,(H,26,27). The molecule has 1 aliphatic rings. The van der Waals surface area contributed by atoms with Crippen LogP contribution in [0.2, 0.25) is 0 Å². The number of nitrogens with one attached hydrogen (secondary N) is 1. The number of anilines is 1. The van der Waals surface area contributed by atoms with E-state index in [1.54, 1.807) is 20.4 Å². The van der Waals surface area contributed by atoms with Gasteiger partial charge < -0.3 is 24.5 Å². The number of aromatic nitrogens is 3. The van der Waals surface area contributed by atoms with Crippen molar-refractivity contribution in [2.24, 2.45) is 5.73 Å². The van der Waals surface area contributed by atoms with Crippen LogP contribution in [0.15, 0.2) is 46.1 Å². The van der Waals surface area contributed by atoms with Crippen molar-refractivity contribution in [2.45, 2.75) is 37.2 Å². The largest absolute Gasteiger partial charge is 0.496 e. The molecule has 9 heteroatoms. The Morgan fingerprint density at radius 1 is 1.12 bits per heavy atom. The quantitative estimate of drug-likeness (QED) is 0.385. The van der Waals surface area contributed by atoms with Gasteiger partial charge in [-0.15, -0.1) is 0 Å². The third-order valence-corrected chi connectivity index (χ3v) is 6.60. The lowest BCUT2D eigenvalue weighted by Gasteiger charge is -2.11. The average molecular weight is 452 g/mol. The zero-order valence-corrected chi connectivity index (χ0v) is 18.9. The van der Waals surface area contributed by atoms with E-state index in [1.165, 1.54) is 29.5 Å². The summed E-state index contributed by atoms with van der Waals surface area (Å²) < 4.78 is 22.0. The normalized spacial score (nSPS) is 12.8. The first-order valence-corrected chi connectivity index (χ1v) is 11.3. The van der Waals surface area contributed by atoms with Crippen LogP contribution >= 0.6 is 11.9 Å². The molecule has 0 unspecified atom stereocenters. The van der Waals surface area contributed by atoms with Gasteiger partial charge in [-0.05, 0) is 66.6 Å². The topological polar surface area (TPSA) is 100 Å². The fourth-order valence-electron chi connectivity index (χ4n) is 4.09. The summed E-state index contributed by atoms with van der Waals surface area (Å²) in [5.41, 5.74) is 11.1. The second-order valence-corrected chi connectivity index (χ2v) is 8.62. The van der Waals surface area contributed by atoms with Crippen LogP contribution in [-0.2, 0) is 25.9 Å². The van der Waals surface area contributed by atoms with Crippen molar-refractivity contribution in [3.05, 3.63) is 58.9 Å². The molecule has 3 N–H and O–H groups in total. The van der Waals surface area contributed by atoms with Gasteiger partial charge in [-0.25, -0.2) is 0 Å². The molecule has 0 bridgehead atoms. The van der Waals surface area contributed by atoms with Gasteiger partial charge in [0.1, 0.15) is 11.5 Å². The molecular weight excluding hydrogens is 426 g/mol. The molecular formula is C23H25N5O3S. The monoisotopic (exact) mass is 451 g/mol. The van der Waals surface area contributed by atoms with Gasteiger partial charge in [0.25, 0.3) is 0 Å². The number of methoxy groups -OCH3 is 2.